The molecule has 0 aromatic carbocycles. The van der Waals surface area contributed by atoms with E-state index < -0.39 is 0 Å². The summed E-state index contributed by atoms with van der Waals surface area (Å²) in [5, 5.41) is 0.467. The molecule has 1 atom stereocenters. The molecule has 0 spiro atoms. The van der Waals surface area contributed by atoms with E-state index in [4.69, 9.17) is 22.8 Å². The van der Waals surface area contributed by atoms with Crippen molar-refractivity contribution in [3.63, 3.8) is 0 Å². The summed E-state index contributed by atoms with van der Waals surface area (Å²) in [6.07, 6.45) is 4.95. The van der Waals surface area contributed by atoms with Gasteiger partial charge < -0.3 is 4.74 Å². The van der Waals surface area contributed by atoms with Gasteiger partial charge in [0.15, 0.2) is 0 Å². The minimum absolute atomic E-state index is 0.194. The summed E-state index contributed by atoms with van der Waals surface area (Å²) in [7, 11) is 0. The first-order valence-electron chi connectivity index (χ1n) is 3.91. The molecule has 13 heavy (non-hydrogen) atoms. The smallest absolute Gasteiger partial charge is 0.129 e. The zero-order valence-electron chi connectivity index (χ0n) is 7.33. The van der Waals surface area contributed by atoms with Crippen LogP contribution in [-0.2, 0) is 11.3 Å². The molecule has 0 fully saturated rings. The third kappa shape index (κ3) is 3.45. The Kier molecular flexibility index (Phi) is 3.75. The summed E-state index contributed by atoms with van der Waals surface area (Å²) in [5.74, 6) is 2.47. The zero-order valence-corrected chi connectivity index (χ0v) is 8.08. The Hall–Kier alpha value is -1.04. The summed E-state index contributed by atoms with van der Waals surface area (Å²) in [5.41, 5.74) is 0.787. The van der Waals surface area contributed by atoms with Crippen molar-refractivity contribution in [2.75, 3.05) is 0 Å². The molecule has 0 amide bonds. The molecule has 0 bridgehead atoms. The van der Waals surface area contributed by atoms with Crippen LogP contribution in [0.15, 0.2) is 18.2 Å². The number of rotatable bonds is 3. The van der Waals surface area contributed by atoms with Gasteiger partial charge in [-0.05, 0) is 19.1 Å². The Morgan fingerprint density at radius 1 is 1.69 bits per heavy atom. The van der Waals surface area contributed by atoms with Gasteiger partial charge in [-0.25, -0.2) is 4.98 Å². The van der Waals surface area contributed by atoms with E-state index >= 15 is 0 Å². The first-order chi connectivity index (χ1) is 6.22. The van der Waals surface area contributed by atoms with Gasteiger partial charge in [-0.2, -0.15) is 0 Å². The van der Waals surface area contributed by atoms with Crippen molar-refractivity contribution in [2.45, 2.75) is 19.6 Å². The predicted molar refractivity (Wildman–Crippen MR) is 52.3 cm³/mol. The van der Waals surface area contributed by atoms with Crippen LogP contribution in [0.1, 0.15) is 12.6 Å². The third-order valence-electron chi connectivity index (χ3n) is 1.49. The lowest BCUT2D eigenvalue weighted by Gasteiger charge is -2.05. The number of nitrogens with zero attached hydrogens (tertiary/aromatic N) is 1. The summed E-state index contributed by atoms with van der Waals surface area (Å²) in [6, 6.07) is 5.39. The summed E-state index contributed by atoms with van der Waals surface area (Å²) in [6.45, 7) is 2.20. The second-order valence-corrected chi connectivity index (χ2v) is 2.96. The summed E-state index contributed by atoms with van der Waals surface area (Å²) < 4.78 is 5.27. The second-order valence-electron chi connectivity index (χ2n) is 2.57. The van der Waals surface area contributed by atoms with Crippen LogP contribution < -0.4 is 0 Å². The van der Waals surface area contributed by atoms with Crippen LogP contribution in [-0.4, -0.2) is 11.1 Å². The summed E-state index contributed by atoms with van der Waals surface area (Å²) >= 11 is 5.69. The molecule has 0 aliphatic carbocycles. The Morgan fingerprint density at radius 3 is 3.08 bits per heavy atom. The molecule has 0 N–H and O–H groups in total. The lowest BCUT2D eigenvalue weighted by Crippen LogP contribution is -2.05. The monoisotopic (exact) mass is 195 g/mol. The number of terminal acetylenes is 1. The highest BCUT2D eigenvalue weighted by molar-refractivity contribution is 6.29. The zero-order chi connectivity index (χ0) is 9.68. The fourth-order valence-corrected chi connectivity index (χ4v) is 0.970. The molecule has 1 aromatic rings. The molecular weight excluding hydrogens is 186 g/mol. The van der Waals surface area contributed by atoms with Crippen molar-refractivity contribution in [3.8, 4) is 12.3 Å². The van der Waals surface area contributed by atoms with Crippen molar-refractivity contribution in [1.29, 1.82) is 0 Å². The van der Waals surface area contributed by atoms with Gasteiger partial charge >= 0.3 is 0 Å². The average Bonchev–Trinajstić information content (AvgIpc) is 2.14. The van der Waals surface area contributed by atoms with Gasteiger partial charge in [-0.3, -0.25) is 0 Å². The minimum atomic E-state index is -0.194. The summed E-state index contributed by atoms with van der Waals surface area (Å²) in [4.78, 5) is 4.05. The highest BCUT2D eigenvalue weighted by Crippen LogP contribution is 2.06. The molecule has 0 aliphatic rings. The quantitative estimate of drug-likeness (QED) is 0.545. The first kappa shape index (κ1) is 10.0. The van der Waals surface area contributed by atoms with Crippen molar-refractivity contribution in [1.82, 2.24) is 4.98 Å². The molecule has 0 aliphatic heterocycles. The molecule has 0 saturated heterocycles. The topological polar surface area (TPSA) is 22.1 Å². The van der Waals surface area contributed by atoms with Crippen molar-refractivity contribution in [2.24, 2.45) is 0 Å². The molecule has 3 heteroatoms. The van der Waals surface area contributed by atoms with Crippen LogP contribution in [0.5, 0.6) is 0 Å². The van der Waals surface area contributed by atoms with Gasteiger partial charge in [0, 0.05) is 0 Å². The van der Waals surface area contributed by atoms with Crippen LogP contribution in [0.25, 0.3) is 0 Å². The van der Waals surface area contributed by atoms with E-state index in [-0.39, 0.29) is 6.10 Å². The van der Waals surface area contributed by atoms with E-state index in [1.807, 2.05) is 19.1 Å². The number of ether oxygens (including phenoxy) is 1. The molecule has 1 heterocycles. The van der Waals surface area contributed by atoms with Crippen LogP contribution in [0.2, 0.25) is 5.15 Å². The first-order valence-corrected chi connectivity index (χ1v) is 4.29. The van der Waals surface area contributed by atoms with Crippen LogP contribution in [0, 0.1) is 12.3 Å². The number of hydrogen-bond donors (Lipinski definition) is 0. The molecule has 0 saturated carbocycles. The van der Waals surface area contributed by atoms with E-state index in [1.165, 1.54) is 0 Å². The van der Waals surface area contributed by atoms with E-state index in [0.717, 1.165) is 5.69 Å². The van der Waals surface area contributed by atoms with Gasteiger partial charge in [-0.15, -0.1) is 6.42 Å². The van der Waals surface area contributed by atoms with Crippen LogP contribution in [0.4, 0.5) is 0 Å². The van der Waals surface area contributed by atoms with Crippen molar-refractivity contribution >= 4 is 11.6 Å². The standard InChI is InChI=1S/C10H10ClNO/c1-3-8(2)13-7-9-5-4-6-10(11)12-9/h1,4-6,8H,7H2,2H3. The number of aromatic nitrogens is 1. The molecular formula is C10H10ClNO. The lowest BCUT2D eigenvalue weighted by molar-refractivity contribution is 0.0878. The van der Waals surface area contributed by atoms with Gasteiger partial charge in [0.05, 0.1) is 12.3 Å². The van der Waals surface area contributed by atoms with Crippen LogP contribution >= 0.6 is 11.6 Å². The van der Waals surface area contributed by atoms with Gasteiger partial charge in [0.1, 0.15) is 11.3 Å². The van der Waals surface area contributed by atoms with E-state index in [9.17, 15) is 0 Å². The molecule has 1 rings (SSSR count). The van der Waals surface area contributed by atoms with Crippen LogP contribution in [0.3, 0.4) is 0 Å². The Balaban J connectivity index is 2.51. The second kappa shape index (κ2) is 4.86. The van der Waals surface area contributed by atoms with E-state index in [1.54, 1.807) is 6.07 Å². The maximum atomic E-state index is 5.69. The largest absolute Gasteiger partial charge is 0.360 e. The van der Waals surface area contributed by atoms with E-state index in [0.29, 0.717) is 11.8 Å². The minimum Gasteiger partial charge on any atom is -0.360 e. The molecule has 0 radical (unpaired) electrons. The molecule has 1 aromatic heterocycles. The highest BCUT2D eigenvalue weighted by Gasteiger charge is 1.99. The van der Waals surface area contributed by atoms with Gasteiger partial charge in [-0.1, -0.05) is 23.6 Å². The molecule has 68 valence electrons. The van der Waals surface area contributed by atoms with Crippen molar-refractivity contribution in [3.05, 3.63) is 29.0 Å². The highest BCUT2D eigenvalue weighted by atomic mass is 35.5. The fraction of sp³-hybridized carbons (Fsp3) is 0.300. The Bertz CT molecular complexity index is 319. The number of pyridine rings is 1. The normalized spacial score (nSPS) is 12.1. The maximum absolute atomic E-state index is 5.69. The lowest BCUT2D eigenvalue weighted by atomic mass is 10.3. The Morgan fingerprint density at radius 2 is 2.46 bits per heavy atom. The Labute approximate surface area is 82.9 Å². The maximum Gasteiger partial charge on any atom is 0.129 e. The fourth-order valence-electron chi connectivity index (χ4n) is 0.789. The average molecular weight is 196 g/mol. The molecule has 2 nitrogen and oxygen atoms in total. The third-order valence-corrected chi connectivity index (χ3v) is 1.70. The van der Waals surface area contributed by atoms with Gasteiger partial charge in [0.25, 0.3) is 0 Å². The van der Waals surface area contributed by atoms with E-state index in [2.05, 4.69) is 10.9 Å². The van der Waals surface area contributed by atoms with Gasteiger partial charge in [0.2, 0.25) is 0 Å². The predicted octanol–water partition coefficient (Wildman–Crippen LogP) is 2.27. The van der Waals surface area contributed by atoms with Crippen molar-refractivity contribution < 1.29 is 4.74 Å². The molecule has 1 unspecified atom stereocenters. The SMILES string of the molecule is C#CC(C)OCc1cccc(Cl)n1. The number of halogens is 1. The number of hydrogen-bond acceptors (Lipinski definition) is 2.